The van der Waals surface area contributed by atoms with E-state index in [4.69, 9.17) is 9.84 Å². The zero-order valence-corrected chi connectivity index (χ0v) is 8.43. The second-order valence-electron chi connectivity index (χ2n) is 2.77. The van der Waals surface area contributed by atoms with Crippen LogP contribution in [0.1, 0.15) is 6.92 Å². The first-order chi connectivity index (χ1) is 7.22. The van der Waals surface area contributed by atoms with E-state index in [1.165, 1.54) is 6.20 Å². The fraction of sp³-hybridized carbons (Fsp3) is 0.182. The first-order valence-corrected chi connectivity index (χ1v) is 4.61. The van der Waals surface area contributed by atoms with Crippen molar-refractivity contribution in [2.24, 2.45) is 0 Å². The molecular weight excluding hydrogens is 194 g/mol. The summed E-state index contributed by atoms with van der Waals surface area (Å²) < 4.78 is 5.26. The minimum Gasteiger partial charge on any atom is -0.494 e. The molecule has 1 aromatic rings. The standard InChI is InChI=1S/C11H13NO3/c1-2-15-10-5-3-9(4-6-10)12-8-7-11(13)14/h3-8,12H,2H2,1H3,(H,13,14)/b8-7+. The van der Waals surface area contributed by atoms with Gasteiger partial charge in [0.1, 0.15) is 5.75 Å². The van der Waals surface area contributed by atoms with Gasteiger partial charge in [0, 0.05) is 18.0 Å². The molecule has 4 heteroatoms. The summed E-state index contributed by atoms with van der Waals surface area (Å²) in [7, 11) is 0. The normalized spacial score (nSPS) is 10.2. The molecular formula is C11H13NO3. The number of benzene rings is 1. The van der Waals surface area contributed by atoms with E-state index in [9.17, 15) is 4.79 Å². The zero-order valence-electron chi connectivity index (χ0n) is 8.43. The molecule has 0 unspecified atom stereocenters. The predicted molar refractivity (Wildman–Crippen MR) is 58.0 cm³/mol. The maximum Gasteiger partial charge on any atom is 0.329 e. The van der Waals surface area contributed by atoms with E-state index in [-0.39, 0.29) is 0 Å². The number of carboxylic acid groups (broad SMARTS) is 1. The number of hydrogen-bond donors (Lipinski definition) is 2. The number of hydrogen-bond acceptors (Lipinski definition) is 3. The van der Waals surface area contributed by atoms with E-state index < -0.39 is 5.97 Å². The zero-order chi connectivity index (χ0) is 11.1. The van der Waals surface area contributed by atoms with Crippen LogP contribution >= 0.6 is 0 Å². The summed E-state index contributed by atoms with van der Waals surface area (Å²) in [5.74, 6) is -0.182. The first-order valence-electron chi connectivity index (χ1n) is 4.61. The fourth-order valence-corrected chi connectivity index (χ4v) is 1.02. The molecule has 15 heavy (non-hydrogen) atoms. The third-order valence-corrected chi connectivity index (χ3v) is 1.64. The molecule has 1 rings (SSSR count). The number of nitrogens with one attached hydrogen (secondary N) is 1. The molecule has 0 aromatic heterocycles. The van der Waals surface area contributed by atoms with Crippen molar-refractivity contribution < 1.29 is 14.6 Å². The summed E-state index contributed by atoms with van der Waals surface area (Å²) >= 11 is 0. The average Bonchev–Trinajstić information content (AvgIpc) is 2.20. The Bertz CT molecular complexity index is 343. The Kier molecular flexibility index (Phi) is 4.22. The van der Waals surface area contributed by atoms with Crippen molar-refractivity contribution in [1.29, 1.82) is 0 Å². The van der Waals surface area contributed by atoms with E-state index in [0.29, 0.717) is 6.61 Å². The number of carbonyl (C=O) groups is 1. The maximum atomic E-state index is 10.2. The van der Waals surface area contributed by atoms with Crippen molar-refractivity contribution in [3.05, 3.63) is 36.5 Å². The lowest BCUT2D eigenvalue weighted by atomic mass is 10.3. The van der Waals surface area contributed by atoms with Gasteiger partial charge in [-0.05, 0) is 31.2 Å². The molecule has 0 aliphatic carbocycles. The highest BCUT2D eigenvalue weighted by Gasteiger charge is 1.92. The van der Waals surface area contributed by atoms with Gasteiger partial charge in [0.2, 0.25) is 0 Å². The maximum absolute atomic E-state index is 10.2. The number of ether oxygens (including phenoxy) is 1. The Labute approximate surface area is 88.2 Å². The molecule has 0 radical (unpaired) electrons. The molecule has 0 bridgehead atoms. The molecule has 0 aliphatic rings. The predicted octanol–water partition coefficient (Wildman–Crippen LogP) is 2.10. The molecule has 80 valence electrons. The highest BCUT2D eigenvalue weighted by molar-refractivity contribution is 5.80. The van der Waals surface area contributed by atoms with Crippen molar-refractivity contribution in [3.63, 3.8) is 0 Å². The lowest BCUT2D eigenvalue weighted by Crippen LogP contribution is -1.93. The van der Waals surface area contributed by atoms with Gasteiger partial charge in [0.15, 0.2) is 0 Å². The van der Waals surface area contributed by atoms with Crippen molar-refractivity contribution in [1.82, 2.24) is 0 Å². The molecule has 0 spiro atoms. The van der Waals surface area contributed by atoms with Gasteiger partial charge in [-0.2, -0.15) is 0 Å². The molecule has 0 fully saturated rings. The molecule has 4 nitrogen and oxygen atoms in total. The van der Waals surface area contributed by atoms with Crippen LogP contribution in [0.5, 0.6) is 5.75 Å². The Morgan fingerprint density at radius 1 is 1.47 bits per heavy atom. The van der Waals surface area contributed by atoms with Gasteiger partial charge < -0.3 is 15.2 Å². The van der Waals surface area contributed by atoms with E-state index in [1.54, 1.807) is 0 Å². The van der Waals surface area contributed by atoms with E-state index in [0.717, 1.165) is 17.5 Å². The Hall–Kier alpha value is -1.97. The molecule has 0 saturated carbocycles. The van der Waals surface area contributed by atoms with Crippen LogP contribution in [-0.2, 0) is 4.79 Å². The van der Waals surface area contributed by atoms with E-state index in [1.807, 2.05) is 31.2 Å². The lowest BCUT2D eigenvalue weighted by Gasteiger charge is -2.04. The van der Waals surface area contributed by atoms with Gasteiger partial charge in [-0.3, -0.25) is 0 Å². The highest BCUT2D eigenvalue weighted by Crippen LogP contribution is 2.15. The van der Waals surface area contributed by atoms with Crippen molar-refractivity contribution >= 4 is 11.7 Å². The number of anilines is 1. The third kappa shape index (κ3) is 4.17. The summed E-state index contributed by atoms with van der Waals surface area (Å²) in [5, 5.41) is 11.2. The summed E-state index contributed by atoms with van der Waals surface area (Å²) in [6.45, 7) is 2.55. The number of rotatable bonds is 5. The van der Waals surface area contributed by atoms with E-state index >= 15 is 0 Å². The molecule has 0 heterocycles. The quantitative estimate of drug-likeness (QED) is 0.726. The average molecular weight is 207 g/mol. The van der Waals surface area contributed by atoms with Crippen molar-refractivity contribution in [2.45, 2.75) is 6.92 Å². The molecule has 0 saturated heterocycles. The summed E-state index contributed by atoms with van der Waals surface area (Å²) in [4.78, 5) is 10.2. The molecule has 0 atom stereocenters. The van der Waals surface area contributed by atoms with Gasteiger partial charge >= 0.3 is 5.97 Å². The molecule has 1 aromatic carbocycles. The highest BCUT2D eigenvalue weighted by atomic mass is 16.5. The van der Waals surface area contributed by atoms with Gasteiger partial charge in [-0.25, -0.2) is 4.79 Å². The van der Waals surface area contributed by atoms with Crippen LogP contribution in [0.3, 0.4) is 0 Å². The van der Waals surface area contributed by atoms with Gasteiger partial charge in [-0.1, -0.05) is 0 Å². The SMILES string of the molecule is CCOc1ccc(N/C=C/C(=O)O)cc1. The molecule has 0 amide bonds. The van der Waals surface area contributed by atoms with Gasteiger partial charge in [-0.15, -0.1) is 0 Å². The van der Waals surface area contributed by atoms with Gasteiger partial charge in [0.05, 0.1) is 6.61 Å². The van der Waals surface area contributed by atoms with Crippen molar-refractivity contribution in [2.75, 3.05) is 11.9 Å². The Morgan fingerprint density at radius 2 is 2.13 bits per heavy atom. The van der Waals surface area contributed by atoms with Crippen molar-refractivity contribution in [3.8, 4) is 5.75 Å². The monoisotopic (exact) mass is 207 g/mol. The van der Waals surface area contributed by atoms with Crippen LogP contribution in [0.25, 0.3) is 0 Å². The van der Waals surface area contributed by atoms with Crippen LogP contribution in [-0.4, -0.2) is 17.7 Å². The lowest BCUT2D eigenvalue weighted by molar-refractivity contribution is -0.131. The van der Waals surface area contributed by atoms with Crippen LogP contribution in [0.4, 0.5) is 5.69 Å². The van der Waals surface area contributed by atoms with Gasteiger partial charge in [0.25, 0.3) is 0 Å². The number of aliphatic carboxylic acids is 1. The van der Waals surface area contributed by atoms with E-state index in [2.05, 4.69) is 5.32 Å². The smallest absolute Gasteiger partial charge is 0.329 e. The summed E-state index contributed by atoms with van der Waals surface area (Å²) in [6.07, 6.45) is 2.41. The summed E-state index contributed by atoms with van der Waals surface area (Å²) in [5.41, 5.74) is 0.816. The van der Waals surface area contributed by atoms with Crippen LogP contribution in [0.2, 0.25) is 0 Å². The Balaban J connectivity index is 2.53. The Morgan fingerprint density at radius 3 is 2.67 bits per heavy atom. The largest absolute Gasteiger partial charge is 0.494 e. The first kappa shape index (κ1) is 11.1. The minimum atomic E-state index is -0.978. The second kappa shape index (κ2) is 5.70. The minimum absolute atomic E-state index is 0.631. The molecule has 0 aliphatic heterocycles. The number of carboxylic acids is 1. The van der Waals surface area contributed by atoms with Crippen LogP contribution in [0.15, 0.2) is 36.5 Å². The molecule has 2 N–H and O–H groups in total. The third-order valence-electron chi connectivity index (χ3n) is 1.64. The summed E-state index contributed by atoms with van der Waals surface area (Å²) in [6, 6.07) is 7.27. The van der Waals surface area contributed by atoms with Crippen LogP contribution in [0, 0.1) is 0 Å². The topological polar surface area (TPSA) is 58.6 Å². The van der Waals surface area contributed by atoms with Crippen LogP contribution < -0.4 is 10.1 Å². The fourth-order valence-electron chi connectivity index (χ4n) is 1.02. The second-order valence-corrected chi connectivity index (χ2v) is 2.77.